The van der Waals surface area contributed by atoms with Gasteiger partial charge in [-0.15, -0.1) is 0 Å². The molecule has 0 spiro atoms. The number of aryl methyl sites for hydroxylation is 1. The maximum absolute atomic E-state index is 14.0. The Labute approximate surface area is 241 Å². The van der Waals surface area contributed by atoms with Gasteiger partial charge in [-0.2, -0.15) is 0 Å². The van der Waals surface area contributed by atoms with Gasteiger partial charge in [-0.25, -0.2) is 8.42 Å². The van der Waals surface area contributed by atoms with Crippen LogP contribution in [0.3, 0.4) is 0 Å². The van der Waals surface area contributed by atoms with E-state index in [2.05, 4.69) is 5.32 Å². The van der Waals surface area contributed by atoms with E-state index in [-0.39, 0.29) is 34.7 Å². The first-order valence-electron chi connectivity index (χ1n) is 13.0. The third kappa shape index (κ3) is 7.55. The highest BCUT2D eigenvalue weighted by Gasteiger charge is 2.34. The first kappa shape index (κ1) is 31.0. The van der Waals surface area contributed by atoms with Crippen LogP contribution in [-0.2, 0) is 26.2 Å². The van der Waals surface area contributed by atoms with Crippen LogP contribution in [0.25, 0.3) is 0 Å². The maximum Gasteiger partial charge on any atom is 0.264 e. The molecule has 0 radical (unpaired) electrons. The van der Waals surface area contributed by atoms with Crippen LogP contribution in [0.5, 0.6) is 5.75 Å². The molecule has 0 fully saturated rings. The zero-order chi connectivity index (χ0) is 29.4. The SMILES string of the molecule is COc1ccccc1N(CC(=O)N(Cc1ccccc1Cl)C(C)C(=O)NCC(C)C)S(=O)(=O)c1ccc(C)cc1. The summed E-state index contributed by atoms with van der Waals surface area (Å²) in [4.78, 5) is 28.5. The zero-order valence-corrected chi connectivity index (χ0v) is 25.0. The molecule has 3 rings (SSSR count). The monoisotopic (exact) mass is 585 g/mol. The van der Waals surface area contributed by atoms with Crippen LogP contribution < -0.4 is 14.4 Å². The van der Waals surface area contributed by atoms with Gasteiger partial charge in [0.15, 0.2) is 0 Å². The highest BCUT2D eigenvalue weighted by molar-refractivity contribution is 7.92. The molecule has 214 valence electrons. The van der Waals surface area contributed by atoms with Crippen LogP contribution >= 0.6 is 11.6 Å². The number of hydrogen-bond donors (Lipinski definition) is 1. The van der Waals surface area contributed by atoms with Gasteiger partial charge in [-0.3, -0.25) is 13.9 Å². The van der Waals surface area contributed by atoms with Crippen molar-refractivity contribution in [2.24, 2.45) is 5.92 Å². The normalized spacial score (nSPS) is 12.1. The summed E-state index contributed by atoms with van der Waals surface area (Å²) in [5.41, 5.74) is 1.73. The Morgan fingerprint density at radius 3 is 2.20 bits per heavy atom. The number of anilines is 1. The maximum atomic E-state index is 14.0. The molecule has 1 N–H and O–H groups in total. The molecule has 0 aliphatic carbocycles. The van der Waals surface area contributed by atoms with Gasteiger partial charge >= 0.3 is 0 Å². The van der Waals surface area contributed by atoms with E-state index < -0.39 is 28.5 Å². The summed E-state index contributed by atoms with van der Waals surface area (Å²) in [6.07, 6.45) is 0. The Morgan fingerprint density at radius 2 is 1.57 bits per heavy atom. The van der Waals surface area contributed by atoms with Crippen LogP contribution in [0.1, 0.15) is 31.9 Å². The van der Waals surface area contributed by atoms with Crippen molar-refractivity contribution >= 4 is 39.1 Å². The number of carbonyl (C=O) groups excluding carboxylic acids is 2. The Kier molecular flexibility index (Phi) is 10.6. The lowest BCUT2D eigenvalue weighted by atomic mass is 10.1. The minimum absolute atomic E-state index is 0.0130. The standard InChI is InChI=1S/C30H36ClN3O5S/c1-21(2)18-32-30(36)23(4)33(19-24-10-6-7-11-26(24)31)29(35)20-34(27-12-8-9-13-28(27)39-5)40(37,38)25-16-14-22(3)15-17-25/h6-17,21,23H,18-20H2,1-5H3,(H,32,36). The van der Waals surface area contributed by atoms with E-state index in [0.717, 1.165) is 9.87 Å². The number of methoxy groups -OCH3 is 1. The van der Waals surface area contributed by atoms with E-state index in [0.29, 0.717) is 17.1 Å². The fourth-order valence-electron chi connectivity index (χ4n) is 4.03. The second-order valence-corrected chi connectivity index (χ2v) is 12.2. The Morgan fingerprint density at radius 1 is 0.950 bits per heavy atom. The molecule has 0 bridgehead atoms. The molecule has 0 aliphatic rings. The lowest BCUT2D eigenvalue weighted by molar-refractivity contribution is -0.139. The second-order valence-electron chi connectivity index (χ2n) is 9.92. The first-order chi connectivity index (χ1) is 18.9. The Bertz CT molecular complexity index is 1430. The predicted molar refractivity (Wildman–Crippen MR) is 158 cm³/mol. The minimum Gasteiger partial charge on any atom is -0.495 e. The lowest BCUT2D eigenvalue weighted by Crippen LogP contribution is -2.51. The fraction of sp³-hybridized carbons (Fsp3) is 0.333. The molecule has 1 atom stereocenters. The number of nitrogens with one attached hydrogen (secondary N) is 1. The molecule has 0 aliphatic heterocycles. The molecule has 0 saturated carbocycles. The quantitative estimate of drug-likeness (QED) is 0.321. The topological polar surface area (TPSA) is 96.0 Å². The van der Waals surface area contributed by atoms with Crippen molar-refractivity contribution in [1.29, 1.82) is 0 Å². The zero-order valence-electron chi connectivity index (χ0n) is 23.4. The molecular formula is C30H36ClN3O5S. The van der Waals surface area contributed by atoms with Crippen LogP contribution in [0.15, 0.2) is 77.7 Å². The molecule has 0 heterocycles. The molecule has 2 amide bonds. The van der Waals surface area contributed by atoms with E-state index in [1.807, 2.05) is 20.8 Å². The molecular weight excluding hydrogens is 550 g/mol. The summed E-state index contributed by atoms with van der Waals surface area (Å²) in [6.45, 7) is 7.30. The average molecular weight is 586 g/mol. The number of carbonyl (C=O) groups is 2. The van der Waals surface area contributed by atoms with Gasteiger partial charge in [0.05, 0.1) is 17.7 Å². The van der Waals surface area contributed by atoms with Crippen LogP contribution in [0.2, 0.25) is 5.02 Å². The van der Waals surface area contributed by atoms with Gasteiger partial charge in [-0.05, 0) is 55.7 Å². The van der Waals surface area contributed by atoms with Crippen molar-refractivity contribution in [3.63, 3.8) is 0 Å². The van der Waals surface area contributed by atoms with Gasteiger partial charge in [0, 0.05) is 18.1 Å². The van der Waals surface area contributed by atoms with Crippen molar-refractivity contribution in [1.82, 2.24) is 10.2 Å². The number of ether oxygens (including phenoxy) is 1. The van der Waals surface area contributed by atoms with Gasteiger partial charge in [-0.1, -0.05) is 73.5 Å². The van der Waals surface area contributed by atoms with E-state index in [1.54, 1.807) is 67.6 Å². The van der Waals surface area contributed by atoms with E-state index in [1.165, 1.54) is 24.1 Å². The first-order valence-corrected chi connectivity index (χ1v) is 14.8. The number of rotatable bonds is 12. The molecule has 3 aromatic carbocycles. The Balaban J connectivity index is 2.06. The summed E-state index contributed by atoms with van der Waals surface area (Å²) in [6, 6.07) is 19.1. The molecule has 40 heavy (non-hydrogen) atoms. The fourth-order valence-corrected chi connectivity index (χ4v) is 5.65. The van der Waals surface area contributed by atoms with E-state index in [9.17, 15) is 18.0 Å². The summed E-state index contributed by atoms with van der Waals surface area (Å²) in [7, 11) is -2.77. The van der Waals surface area contributed by atoms with Crippen molar-refractivity contribution in [2.75, 3.05) is 24.5 Å². The lowest BCUT2D eigenvalue weighted by Gasteiger charge is -2.32. The number of amides is 2. The molecule has 0 aromatic heterocycles. The smallest absolute Gasteiger partial charge is 0.264 e. The van der Waals surface area contributed by atoms with Crippen LogP contribution in [-0.4, -0.2) is 51.4 Å². The van der Waals surface area contributed by atoms with Crippen LogP contribution in [0, 0.1) is 12.8 Å². The minimum atomic E-state index is -4.20. The average Bonchev–Trinajstić information content (AvgIpc) is 2.93. The van der Waals surface area contributed by atoms with Gasteiger partial charge in [0.2, 0.25) is 11.8 Å². The van der Waals surface area contributed by atoms with E-state index >= 15 is 0 Å². The largest absolute Gasteiger partial charge is 0.495 e. The van der Waals surface area contributed by atoms with Crippen molar-refractivity contribution in [2.45, 2.75) is 45.2 Å². The van der Waals surface area contributed by atoms with Crippen LogP contribution in [0.4, 0.5) is 5.69 Å². The van der Waals surface area contributed by atoms with Crippen molar-refractivity contribution < 1.29 is 22.7 Å². The highest BCUT2D eigenvalue weighted by atomic mass is 35.5. The summed E-state index contributed by atoms with van der Waals surface area (Å²) in [5.74, 6) is -0.427. The number of para-hydroxylation sites is 2. The van der Waals surface area contributed by atoms with Crippen molar-refractivity contribution in [3.05, 3.63) is 88.9 Å². The summed E-state index contributed by atoms with van der Waals surface area (Å²) in [5, 5.41) is 3.30. The molecule has 0 saturated heterocycles. The van der Waals surface area contributed by atoms with Gasteiger partial charge in [0.1, 0.15) is 18.3 Å². The molecule has 1 unspecified atom stereocenters. The number of sulfonamides is 1. The summed E-state index contributed by atoms with van der Waals surface area (Å²) < 4.78 is 34.4. The third-order valence-corrected chi connectivity index (χ3v) is 8.53. The Hall–Kier alpha value is -3.56. The third-order valence-electron chi connectivity index (χ3n) is 6.39. The number of halogens is 1. The van der Waals surface area contributed by atoms with Gasteiger partial charge < -0.3 is 15.0 Å². The number of benzene rings is 3. The number of hydrogen-bond acceptors (Lipinski definition) is 5. The predicted octanol–water partition coefficient (Wildman–Crippen LogP) is 5.04. The summed E-state index contributed by atoms with van der Waals surface area (Å²) >= 11 is 6.41. The number of nitrogens with zero attached hydrogens (tertiary/aromatic N) is 2. The molecule has 3 aromatic rings. The molecule has 10 heteroatoms. The second kappa shape index (κ2) is 13.7. The highest BCUT2D eigenvalue weighted by Crippen LogP contribution is 2.32. The van der Waals surface area contributed by atoms with E-state index in [4.69, 9.17) is 16.3 Å². The molecule has 8 nitrogen and oxygen atoms in total. The van der Waals surface area contributed by atoms with Gasteiger partial charge in [0.25, 0.3) is 10.0 Å². The van der Waals surface area contributed by atoms with Crippen molar-refractivity contribution in [3.8, 4) is 5.75 Å².